The molecule has 1 heterocycles. The van der Waals surface area contributed by atoms with E-state index in [4.69, 9.17) is 0 Å². The quantitative estimate of drug-likeness (QED) is 0.612. The van der Waals surface area contributed by atoms with Gasteiger partial charge in [-0.25, -0.2) is 4.98 Å². The third-order valence-electron chi connectivity index (χ3n) is 4.28. The minimum absolute atomic E-state index is 0.525. The zero-order chi connectivity index (χ0) is 18.5. The molecule has 0 aliphatic heterocycles. The van der Waals surface area contributed by atoms with E-state index >= 15 is 0 Å². The van der Waals surface area contributed by atoms with Crippen LogP contribution in [-0.2, 0) is 6.54 Å². The molecule has 0 radical (unpaired) electrons. The van der Waals surface area contributed by atoms with Gasteiger partial charge in [-0.3, -0.25) is 0 Å². The van der Waals surface area contributed by atoms with Crippen molar-refractivity contribution in [3.05, 3.63) is 77.0 Å². The van der Waals surface area contributed by atoms with E-state index in [1.165, 1.54) is 16.7 Å². The van der Waals surface area contributed by atoms with Crippen LogP contribution in [0.2, 0.25) is 0 Å². The Morgan fingerprint density at radius 2 is 1.58 bits per heavy atom. The van der Waals surface area contributed by atoms with E-state index in [1.807, 2.05) is 13.0 Å². The fourth-order valence-electron chi connectivity index (χ4n) is 2.69. The summed E-state index contributed by atoms with van der Waals surface area (Å²) in [5.74, 6) is 1.95. The Morgan fingerprint density at radius 1 is 0.885 bits per heavy atom. The Balaban J connectivity index is 1.69. The second-order valence-corrected chi connectivity index (χ2v) is 6.96. The highest BCUT2D eigenvalue weighted by Gasteiger charge is 2.04. The molecule has 0 aliphatic rings. The fourth-order valence-corrected chi connectivity index (χ4v) is 2.69. The first kappa shape index (κ1) is 17.9. The lowest BCUT2D eigenvalue weighted by Crippen LogP contribution is -2.05. The average molecular weight is 346 g/mol. The highest BCUT2D eigenvalue weighted by Crippen LogP contribution is 2.20. The molecule has 0 saturated heterocycles. The van der Waals surface area contributed by atoms with E-state index in [9.17, 15) is 0 Å². The maximum absolute atomic E-state index is 4.59. The van der Waals surface area contributed by atoms with E-state index in [1.54, 1.807) is 0 Å². The summed E-state index contributed by atoms with van der Waals surface area (Å²) in [7, 11) is 0. The normalized spacial score (nSPS) is 10.8. The van der Waals surface area contributed by atoms with Crippen molar-refractivity contribution in [1.29, 1.82) is 0 Å². The number of benzene rings is 2. The summed E-state index contributed by atoms with van der Waals surface area (Å²) >= 11 is 0. The van der Waals surface area contributed by atoms with E-state index < -0.39 is 0 Å². The lowest BCUT2D eigenvalue weighted by Gasteiger charge is -2.11. The van der Waals surface area contributed by atoms with Gasteiger partial charge in [0.15, 0.2) is 0 Å². The number of aryl methyl sites for hydroxylation is 2. The second kappa shape index (κ2) is 8.00. The Kier molecular flexibility index (Phi) is 5.52. The number of nitrogens with one attached hydrogen (secondary N) is 2. The van der Waals surface area contributed by atoms with Crippen molar-refractivity contribution in [3.63, 3.8) is 0 Å². The molecular weight excluding hydrogens is 320 g/mol. The third-order valence-corrected chi connectivity index (χ3v) is 4.28. The molecule has 0 unspecified atom stereocenters. The van der Waals surface area contributed by atoms with Gasteiger partial charge >= 0.3 is 0 Å². The van der Waals surface area contributed by atoms with Crippen LogP contribution in [0.25, 0.3) is 0 Å². The number of anilines is 3. The summed E-state index contributed by atoms with van der Waals surface area (Å²) in [6.45, 7) is 9.19. The van der Waals surface area contributed by atoms with Crippen molar-refractivity contribution in [2.24, 2.45) is 0 Å². The summed E-state index contributed by atoms with van der Waals surface area (Å²) in [4.78, 5) is 9.08. The Bertz CT molecular complexity index is 852. The van der Waals surface area contributed by atoms with Gasteiger partial charge in [-0.05, 0) is 43.0 Å². The summed E-state index contributed by atoms with van der Waals surface area (Å²) in [6, 6.07) is 18.9. The molecule has 2 N–H and O–H groups in total. The number of nitrogens with zero attached hydrogens (tertiary/aromatic N) is 2. The van der Waals surface area contributed by atoms with Crippen LogP contribution >= 0.6 is 0 Å². The topological polar surface area (TPSA) is 49.8 Å². The highest BCUT2D eigenvalue weighted by atomic mass is 15.1. The average Bonchev–Trinajstić information content (AvgIpc) is 2.61. The van der Waals surface area contributed by atoms with Crippen LogP contribution < -0.4 is 10.6 Å². The second-order valence-electron chi connectivity index (χ2n) is 6.96. The molecule has 26 heavy (non-hydrogen) atoms. The molecule has 1 aromatic heterocycles. The predicted octanol–water partition coefficient (Wildman–Crippen LogP) is 5.57. The fraction of sp³-hybridized carbons (Fsp3) is 0.273. The molecule has 0 aliphatic carbocycles. The van der Waals surface area contributed by atoms with Crippen LogP contribution in [0.5, 0.6) is 0 Å². The number of aromatic nitrogens is 2. The molecule has 4 nitrogen and oxygen atoms in total. The zero-order valence-electron chi connectivity index (χ0n) is 15.9. The van der Waals surface area contributed by atoms with Crippen molar-refractivity contribution in [2.75, 3.05) is 10.6 Å². The number of rotatable bonds is 6. The van der Waals surface area contributed by atoms with Gasteiger partial charge < -0.3 is 10.6 Å². The molecule has 0 atom stereocenters. The molecule has 0 bridgehead atoms. The van der Waals surface area contributed by atoms with Gasteiger partial charge in [0, 0.05) is 24.0 Å². The molecule has 4 heteroatoms. The number of hydrogen-bond acceptors (Lipinski definition) is 4. The third kappa shape index (κ3) is 4.82. The molecule has 3 rings (SSSR count). The van der Waals surface area contributed by atoms with E-state index in [-0.39, 0.29) is 0 Å². The molecule has 0 fully saturated rings. The summed E-state index contributed by atoms with van der Waals surface area (Å²) in [6.07, 6.45) is 0. The first-order valence-corrected chi connectivity index (χ1v) is 9.01. The highest BCUT2D eigenvalue weighted by molar-refractivity contribution is 5.56. The maximum atomic E-state index is 4.59. The van der Waals surface area contributed by atoms with Gasteiger partial charge in [0.25, 0.3) is 0 Å². The molecule has 0 amide bonds. The van der Waals surface area contributed by atoms with Crippen LogP contribution in [0.4, 0.5) is 17.5 Å². The Morgan fingerprint density at radius 3 is 2.23 bits per heavy atom. The Labute approximate surface area is 155 Å². The molecule has 0 spiro atoms. The Hall–Kier alpha value is -2.88. The van der Waals surface area contributed by atoms with Gasteiger partial charge in [-0.15, -0.1) is 0 Å². The van der Waals surface area contributed by atoms with Gasteiger partial charge in [0.1, 0.15) is 5.82 Å². The van der Waals surface area contributed by atoms with Crippen LogP contribution in [0.15, 0.2) is 54.6 Å². The molecular formula is C22H26N4. The first-order chi connectivity index (χ1) is 12.5. The van der Waals surface area contributed by atoms with Crippen LogP contribution in [-0.4, -0.2) is 9.97 Å². The van der Waals surface area contributed by atoms with Crippen LogP contribution in [0.3, 0.4) is 0 Å². The van der Waals surface area contributed by atoms with Gasteiger partial charge in [-0.1, -0.05) is 55.8 Å². The molecule has 2 aromatic carbocycles. The van der Waals surface area contributed by atoms with Crippen molar-refractivity contribution >= 4 is 17.5 Å². The smallest absolute Gasteiger partial charge is 0.229 e. The molecule has 0 saturated carbocycles. The van der Waals surface area contributed by atoms with Gasteiger partial charge in [0.2, 0.25) is 5.95 Å². The lowest BCUT2D eigenvalue weighted by molar-refractivity contribution is 0.867. The largest absolute Gasteiger partial charge is 0.366 e. The van der Waals surface area contributed by atoms with Crippen molar-refractivity contribution in [3.8, 4) is 0 Å². The minimum atomic E-state index is 0.525. The van der Waals surface area contributed by atoms with E-state index in [0.717, 1.165) is 23.7 Å². The number of hydrogen-bond donors (Lipinski definition) is 2. The molecule has 3 aromatic rings. The van der Waals surface area contributed by atoms with Crippen molar-refractivity contribution in [1.82, 2.24) is 9.97 Å². The van der Waals surface area contributed by atoms with Crippen molar-refractivity contribution < 1.29 is 0 Å². The standard InChI is InChI=1S/C22H26N4/c1-15(2)19-9-11-20(12-10-19)25-22-24-17(4)13-21(26-22)23-14-18-7-5-16(3)6-8-18/h5-13,15H,14H2,1-4H3,(H2,23,24,25,26). The van der Waals surface area contributed by atoms with E-state index in [0.29, 0.717) is 11.9 Å². The van der Waals surface area contributed by atoms with Gasteiger partial charge in [-0.2, -0.15) is 4.98 Å². The van der Waals surface area contributed by atoms with Crippen LogP contribution in [0.1, 0.15) is 42.1 Å². The lowest BCUT2D eigenvalue weighted by atomic mass is 10.0. The molecule has 134 valence electrons. The van der Waals surface area contributed by atoms with Crippen LogP contribution in [0, 0.1) is 13.8 Å². The summed E-state index contributed by atoms with van der Waals surface area (Å²) in [5.41, 5.74) is 5.73. The SMILES string of the molecule is Cc1ccc(CNc2cc(C)nc(Nc3ccc(C(C)C)cc3)n2)cc1. The summed E-state index contributed by atoms with van der Waals surface area (Å²) in [5, 5.41) is 6.68. The summed E-state index contributed by atoms with van der Waals surface area (Å²) < 4.78 is 0. The first-order valence-electron chi connectivity index (χ1n) is 9.01. The maximum Gasteiger partial charge on any atom is 0.229 e. The van der Waals surface area contributed by atoms with Crippen molar-refractivity contribution in [2.45, 2.75) is 40.2 Å². The predicted molar refractivity (Wildman–Crippen MR) is 109 cm³/mol. The van der Waals surface area contributed by atoms with Gasteiger partial charge in [0.05, 0.1) is 0 Å². The zero-order valence-corrected chi connectivity index (χ0v) is 15.9. The van der Waals surface area contributed by atoms with E-state index in [2.05, 4.69) is 89.9 Å². The minimum Gasteiger partial charge on any atom is -0.366 e. The monoisotopic (exact) mass is 346 g/mol.